The van der Waals surface area contributed by atoms with Gasteiger partial charge in [-0.15, -0.1) is 106 Å². The molecule has 12 rings (SSSR count). The predicted molar refractivity (Wildman–Crippen MR) is 323 cm³/mol. The molecule has 3 radical (unpaired) electrons. The van der Waals surface area contributed by atoms with E-state index < -0.39 is 0 Å². The fraction of sp³-hybridized carbons (Fsp3) is 0.130. The van der Waals surface area contributed by atoms with Gasteiger partial charge in [-0.05, 0) is 77.2 Å². The molecular weight excluding hydrogens is 1590 g/mol. The van der Waals surface area contributed by atoms with Crippen LogP contribution in [0.4, 0.5) is 0 Å². The van der Waals surface area contributed by atoms with Crippen molar-refractivity contribution in [2.75, 3.05) is 0 Å². The van der Waals surface area contributed by atoms with Gasteiger partial charge in [0.1, 0.15) is 22.3 Å². The van der Waals surface area contributed by atoms with Crippen LogP contribution >= 0.6 is 0 Å². The number of furan rings is 3. The van der Waals surface area contributed by atoms with Gasteiger partial charge in [0.15, 0.2) is 22.9 Å². The molecule has 6 aromatic heterocycles. The van der Waals surface area contributed by atoms with Crippen LogP contribution in [0.1, 0.15) is 58.2 Å². The van der Waals surface area contributed by atoms with Crippen LogP contribution in [-0.2, 0) is 74.7 Å². The summed E-state index contributed by atoms with van der Waals surface area (Å²) in [6, 6.07) is 60.1. The molecule has 0 spiro atoms. The van der Waals surface area contributed by atoms with Gasteiger partial charge in [-0.3, -0.25) is 19.4 Å². The summed E-state index contributed by atoms with van der Waals surface area (Å²) < 4.78 is 17.6. The molecule has 0 saturated carbocycles. The fourth-order valence-electron chi connectivity index (χ4n) is 8.43. The third-order valence-corrected chi connectivity index (χ3v) is 11.7. The number of pyridine rings is 3. The molecule has 0 fully saturated rings. The van der Waals surface area contributed by atoms with Gasteiger partial charge < -0.3 is 38.5 Å². The largest absolute Gasteiger partial charge is 0.512 e. The summed E-state index contributed by atoms with van der Waals surface area (Å²) >= 11 is 0. The van der Waals surface area contributed by atoms with Crippen molar-refractivity contribution in [1.82, 2.24) is 15.0 Å². The second-order valence-corrected chi connectivity index (χ2v) is 19.0. The minimum atomic E-state index is -0.125. The van der Waals surface area contributed by atoms with E-state index in [2.05, 4.69) is 102 Å². The van der Waals surface area contributed by atoms with Crippen molar-refractivity contribution < 1.29 is 103 Å². The maximum absolute atomic E-state index is 10.0. The van der Waals surface area contributed by atoms with Gasteiger partial charge in [0.05, 0.1) is 23.5 Å². The van der Waals surface area contributed by atoms with Gasteiger partial charge in [0.25, 0.3) is 0 Å². The van der Waals surface area contributed by atoms with E-state index in [0.717, 1.165) is 94.0 Å². The number of ketones is 3. The topological polar surface area (TPSA) is 190 Å². The Kier molecular flexibility index (Phi) is 26.5. The van der Waals surface area contributed by atoms with Crippen LogP contribution in [0.2, 0.25) is 0 Å². The van der Waals surface area contributed by atoms with Crippen molar-refractivity contribution >= 4 is 83.3 Å². The quantitative estimate of drug-likeness (QED) is 0.0813. The van der Waals surface area contributed by atoms with Crippen LogP contribution in [-0.4, -0.2) is 47.6 Å². The number of aliphatic hydroxyl groups excluding tert-OH is 3. The molecule has 0 amide bonds. The Labute approximate surface area is 528 Å². The van der Waals surface area contributed by atoms with E-state index in [9.17, 15) is 14.4 Å². The first-order valence-corrected chi connectivity index (χ1v) is 25.7. The number of aromatic nitrogens is 3. The van der Waals surface area contributed by atoms with Gasteiger partial charge in [-0.2, -0.15) is 0 Å². The molecule has 0 saturated heterocycles. The average Bonchev–Trinajstić information content (AvgIpc) is 3.45. The smallest absolute Gasteiger partial charge is 0.218 e. The summed E-state index contributed by atoms with van der Waals surface area (Å²) in [5, 5.41) is 31.7. The van der Waals surface area contributed by atoms with Crippen LogP contribution < -0.4 is 0 Å². The van der Waals surface area contributed by atoms with Crippen LogP contribution in [0.15, 0.2) is 213 Å². The molecule has 0 aliphatic heterocycles. The SMILES string of the molecule is CC(=O)C=C(C)O.CC(=O)C=C(C)O.CC(=O)C=C(C)O.Cc1cc[c-]c(-c2cc3c(cn2)oc2ccccc23)c1.Cc1cc[c-]c(-c2ccc3c(n2)oc2ccccc23)c1.Cc1cc[c-]c(-c2nccc3c2oc2ccccc23)c1.[Ir].[Ir].[Ir]. The number of aliphatic hydroxyl groups is 3. The molecule has 3 N–H and O–H groups in total. The molecule has 0 aliphatic rings. The zero-order valence-corrected chi connectivity index (χ0v) is 54.6. The number of rotatable bonds is 6. The van der Waals surface area contributed by atoms with Crippen molar-refractivity contribution in [3.8, 4) is 33.8 Å². The molecule has 0 unspecified atom stereocenters. The predicted octanol–water partition coefficient (Wildman–Crippen LogP) is 17.4. The number of nitrogens with zero attached hydrogens (tertiary/aromatic N) is 3. The van der Waals surface area contributed by atoms with Crippen molar-refractivity contribution in [1.29, 1.82) is 0 Å². The van der Waals surface area contributed by atoms with Crippen LogP contribution in [0.25, 0.3) is 99.7 Å². The van der Waals surface area contributed by atoms with Gasteiger partial charge >= 0.3 is 0 Å². The molecule has 0 aliphatic carbocycles. The Hall–Kier alpha value is -8.25. The van der Waals surface area contributed by atoms with Crippen molar-refractivity contribution in [3.05, 3.63) is 234 Å². The molecule has 0 atom stereocenters. The molecule has 435 valence electrons. The Balaban J connectivity index is 0.000000228. The maximum Gasteiger partial charge on any atom is 0.218 e. The third kappa shape index (κ3) is 19.2. The standard InChI is InChI=1S/3C18H12NO.3C5H8O2.3Ir/c1-12-5-4-6-13(9-12)16-10-15-14-7-2-3-8-17(14)20-18(15)11-19-16;1-12-5-4-6-13(11-12)16-10-9-15-14-7-2-3-8-17(14)20-18(15)19-16;1-12-5-4-6-13(11-12)17-18-15(9-10-19-17)14-7-2-3-8-16(14)20-18;3*1-4(6)3-5(2)7;;;/h3*2-5,7-11H,1H3;3*3,6H,1-2H3;;;/q3*-1;;;;;;. The molecule has 12 aromatic rings. The number of carbonyl (C=O) groups excluding carboxylic acids is 3. The van der Waals surface area contributed by atoms with E-state index in [1.807, 2.05) is 109 Å². The fourth-order valence-corrected chi connectivity index (χ4v) is 8.43. The van der Waals surface area contributed by atoms with Crippen molar-refractivity contribution in [2.24, 2.45) is 0 Å². The first kappa shape index (κ1) is 68.2. The summed E-state index contributed by atoms with van der Waals surface area (Å²) in [7, 11) is 0. The first-order valence-electron chi connectivity index (χ1n) is 25.7. The molecule has 12 nitrogen and oxygen atoms in total. The summed E-state index contributed by atoms with van der Waals surface area (Å²) in [4.78, 5) is 43.7. The zero-order chi connectivity index (χ0) is 58.2. The Morgan fingerprint density at radius 1 is 0.429 bits per heavy atom. The number of aryl methyl sites for hydroxylation is 3. The molecule has 0 bridgehead atoms. The zero-order valence-electron chi connectivity index (χ0n) is 47.5. The molecule has 6 aromatic carbocycles. The molecule has 15 heteroatoms. The van der Waals surface area contributed by atoms with Crippen LogP contribution in [0.3, 0.4) is 0 Å². The van der Waals surface area contributed by atoms with E-state index in [4.69, 9.17) is 28.6 Å². The third-order valence-electron chi connectivity index (χ3n) is 11.7. The number of para-hydroxylation sites is 3. The number of hydrogen-bond donors (Lipinski definition) is 3. The Morgan fingerprint density at radius 2 is 0.857 bits per heavy atom. The van der Waals surface area contributed by atoms with E-state index >= 15 is 0 Å². The number of benzene rings is 6. The number of carbonyl (C=O) groups is 3. The van der Waals surface area contributed by atoms with Gasteiger partial charge in [-0.25, -0.2) is 0 Å². The minimum absolute atomic E-state index is 0. The van der Waals surface area contributed by atoms with E-state index in [-0.39, 0.29) is 94.9 Å². The number of fused-ring (bicyclic) bond motifs is 9. The second kappa shape index (κ2) is 32.6. The maximum atomic E-state index is 10.0. The summed E-state index contributed by atoms with van der Waals surface area (Å²) in [5.41, 5.74) is 14.2. The summed E-state index contributed by atoms with van der Waals surface area (Å²) in [6.45, 7) is 14.7. The summed E-state index contributed by atoms with van der Waals surface area (Å²) in [6.07, 6.45) is 7.12. The summed E-state index contributed by atoms with van der Waals surface area (Å²) in [5.74, 6) is -0.187. The second-order valence-electron chi connectivity index (χ2n) is 19.0. The minimum Gasteiger partial charge on any atom is -0.512 e. The number of hydrogen-bond acceptors (Lipinski definition) is 12. The van der Waals surface area contributed by atoms with Crippen LogP contribution in [0, 0.1) is 39.0 Å². The van der Waals surface area contributed by atoms with E-state index in [1.54, 1.807) is 6.20 Å². The van der Waals surface area contributed by atoms with Crippen molar-refractivity contribution in [3.63, 3.8) is 0 Å². The number of allylic oxidation sites excluding steroid dienone is 6. The van der Waals surface area contributed by atoms with Gasteiger partial charge in [0.2, 0.25) is 5.71 Å². The van der Waals surface area contributed by atoms with Gasteiger partial charge in [-0.1, -0.05) is 93.6 Å². The van der Waals surface area contributed by atoms with Crippen LogP contribution in [0.5, 0.6) is 0 Å². The average molecular weight is 1650 g/mol. The molecule has 84 heavy (non-hydrogen) atoms. The Bertz CT molecular complexity index is 4210. The molecule has 6 heterocycles. The normalized spacial score (nSPS) is 10.9. The monoisotopic (exact) mass is 1650 g/mol. The van der Waals surface area contributed by atoms with E-state index in [1.165, 1.54) is 76.5 Å². The van der Waals surface area contributed by atoms with Crippen molar-refractivity contribution in [2.45, 2.75) is 62.3 Å². The van der Waals surface area contributed by atoms with Gasteiger partial charge in [0, 0.05) is 123 Å². The van der Waals surface area contributed by atoms with E-state index in [0.29, 0.717) is 5.71 Å². The first-order chi connectivity index (χ1) is 38.8. The Morgan fingerprint density at radius 3 is 1.33 bits per heavy atom. The molecular formula is C69H60Ir3N3O9-3.